The molecule has 0 radical (unpaired) electrons. The molecule has 1 aromatic rings. The second kappa shape index (κ2) is 5.35. The van der Waals surface area contributed by atoms with Crippen molar-refractivity contribution in [1.29, 1.82) is 0 Å². The molecule has 1 aromatic carbocycles. The Morgan fingerprint density at radius 3 is 2.56 bits per heavy atom. The van der Waals surface area contributed by atoms with E-state index >= 15 is 0 Å². The van der Waals surface area contributed by atoms with Crippen LogP contribution in [0.3, 0.4) is 0 Å². The Labute approximate surface area is 106 Å². The predicted molar refractivity (Wildman–Crippen MR) is 68.1 cm³/mol. The minimum atomic E-state index is -0.618. The zero-order valence-electron chi connectivity index (χ0n) is 11.1. The van der Waals surface area contributed by atoms with Crippen molar-refractivity contribution in [2.45, 2.75) is 32.4 Å². The van der Waals surface area contributed by atoms with Crippen molar-refractivity contribution in [3.8, 4) is 5.75 Å². The van der Waals surface area contributed by atoms with Crippen LogP contribution >= 0.6 is 0 Å². The molecule has 0 aliphatic heterocycles. The van der Waals surface area contributed by atoms with E-state index in [9.17, 15) is 9.18 Å². The largest absolute Gasteiger partial charge is 0.497 e. The third-order valence-corrected chi connectivity index (χ3v) is 2.99. The maximum absolute atomic E-state index is 13.7. The summed E-state index contributed by atoms with van der Waals surface area (Å²) < 4.78 is 18.6. The summed E-state index contributed by atoms with van der Waals surface area (Å²) in [7, 11) is 1.44. The molecule has 0 aromatic heterocycles. The van der Waals surface area contributed by atoms with Crippen LogP contribution in [-0.4, -0.2) is 24.6 Å². The number of nitrogens with two attached hydrogens (primary N) is 1. The molecule has 0 spiro atoms. The summed E-state index contributed by atoms with van der Waals surface area (Å²) in [4.78, 5) is 11.9. The fourth-order valence-corrected chi connectivity index (χ4v) is 1.28. The van der Waals surface area contributed by atoms with Gasteiger partial charge in [0.15, 0.2) is 0 Å². The number of methoxy groups -OCH3 is 1. The molecular formula is C13H19FN2O2. The smallest absolute Gasteiger partial charge is 0.254 e. The number of carbonyl (C=O) groups excluding carboxylic acids is 1. The van der Waals surface area contributed by atoms with Gasteiger partial charge in [0.05, 0.1) is 12.7 Å². The Balaban J connectivity index is 2.92. The van der Waals surface area contributed by atoms with E-state index < -0.39 is 17.3 Å². The zero-order valence-corrected chi connectivity index (χ0v) is 11.1. The minimum absolute atomic E-state index is 0.0236. The van der Waals surface area contributed by atoms with Gasteiger partial charge in [0, 0.05) is 17.6 Å². The summed E-state index contributed by atoms with van der Waals surface area (Å²) in [6.45, 7) is 5.36. The van der Waals surface area contributed by atoms with Gasteiger partial charge in [0.2, 0.25) is 0 Å². The van der Waals surface area contributed by atoms with Gasteiger partial charge in [0.25, 0.3) is 5.91 Å². The van der Waals surface area contributed by atoms with Crippen molar-refractivity contribution < 1.29 is 13.9 Å². The number of carbonyl (C=O) groups is 1. The first-order valence-corrected chi connectivity index (χ1v) is 5.69. The van der Waals surface area contributed by atoms with Crippen molar-refractivity contribution in [2.75, 3.05) is 7.11 Å². The molecule has 5 heteroatoms. The summed E-state index contributed by atoms with van der Waals surface area (Å²) in [5, 5.41) is 2.71. The Morgan fingerprint density at radius 1 is 1.50 bits per heavy atom. The van der Waals surface area contributed by atoms with E-state index in [4.69, 9.17) is 10.5 Å². The van der Waals surface area contributed by atoms with E-state index in [0.29, 0.717) is 5.75 Å². The Bertz CT molecular complexity index is 445. The molecule has 0 saturated carbocycles. The molecule has 0 aliphatic rings. The second-order valence-corrected chi connectivity index (χ2v) is 4.81. The van der Waals surface area contributed by atoms with Gasteiger partial charge in [-0.05, 0) is 32.9 Å². The lowest BCUT2D eigenvalue weighted by Crippen LogP contribution is -2.54. The number of amides is 1. The summed E-state index contributed by atoms with van der Waals surface area (Å²) >= 11 is 0. The van der Waals surface area contributed by atoms with Crippen LogP contribution in [0.2, 0.25) is 0 Å². The van der Waals surface area contributed by atoms with Gasteiger partial charge in [-0.2, -0.15) is 0 Å². The SMILES string of the molecule is COc1ccc(C(=O)NC(C)(C)C(C)N)c(F)c1. The molecule has 1 rings (SSSR count). The zero-order chi connectivity index (χ0) is 13.9. The van der Waals surface area contributed by atoms with E-state index in [1.165, 1.54) is 25.3 Å². The molecule has 1 amide bonds. The van der Waals surface area contributed by atoms with Crippen molar-refractivity contribution in [3.63, 3.8) is 0 Å². The molecule has 0 fully saturated rings. The molecule has 1 unspecified atom stereocenters. The standard InChI is InChI=1S/C13H19FN2O2/c1-8(15)13(2,3)16-12(17)10-6-5-9(18-4)7-11(10)14/h5-8H,15H2,1-4H3,(H,16,17). The van der Waals surface area contributed by atoms with Gasteiger partial charge >= 0.3 is 0 Å². The van der Waals surface area contributed by atoms with Crippen LogP contribution in [-0.2, 0) is 0 Å². The lowest BCUT2D eigenvalue weighted by molar-refractivity contribution is 0.0899. The van der Waals surface area contributed by atoms with Gasteiger partial charge in [-0.1, -0.05) is 0 Å². The van der Waals surface area contributed by atoms with E-state index in [1.54, 1.807) is 20.8 Å². The molecule has 0 aliphatic carbocycles. The van der Waals surface area contributed by atoms with E-state index in [1.807, 2.05) is 0 Å². The van der Waals surface area contributed by atoms with E-state index in [0.717, 1.165) is 0 Å². The number of halogens is 1. The van der Waals surface area contributed by atoms with E-state index in [2.05, 4.69) is 5.32 Å². The lowest BCUT2D eigenvalue weighted by atomic mass is 9.96. The van der Waals surface area contributed by atoms with Gasteiger partial charge in [-0.25, -0.2) is 4.39 Å². The quantitative estimate of drug-likeness (QED) is 0.859. The Kier molecular flexibility index (Phi) is 4.29. The highest BCUT2D eigenvalue weighted by molar-refractivity contribution is 5.95. The van der Waals surface area contributed by atoms with Crippen LogP contribution in [0, 0.1) is 5.82 Å². The van der Waals surface area contributed by atoms with Gasteiger partial charge in [0.1, 0.15) is 11.6 Å². The third kappa shape index (κ3) is 3.20. The number of nitrogens with one attached hydrogen (secondary N) is 1. The summed E-state index contributed by atoms with van der Waals surface area (Å²) in [6.07, 6.45) is 0. The molecule has 0 bridgehead atoms. The van der Waals surface area contributed by atoms with Crippen LogP contribution < -0.4 is 15.8 Å². The molecule has 100 valence electrons. The first-order chi connectivity index (χ1) is 8.27. The minimum Gasteiger partial charge on any atom is -0.497 e. The maximum atomic E-state index is 13.7. The molecular weight excluding hydrogens is 235 g/mol. The second-order valence-electron chi connectivity index (χ2n) is 4.81. The molecule has 0 heterocycles. The Morgan fingerprint density at radius 2 is 2.11 bits per heavy atom. The van der Waals surface area contributed by atoms with Crippen molar-refractivity contribution in [2.24, 2.45) is 5.73 Å². The number of rotatable bonds is 4. The maximum Gasteiger partial charge on any atom is 0.254 e. The highest BCUT2D eigenvalue weighted by Gasteiger charge is 2.26. The summed E-state index contributed by atoms with van der Waals surface area (Å²) in [5.41, 5.74) is 5.12. The average molecular weight is 254 g/mol. The molecule has 1 atom stereocenters. The van der Waals surface area contributed by atoms with Crippen LogP contribution in [0.15, 0.2) is 18.2 Å². The van der Waals surface area contributed by atoms with Gasteiger partial charge < -0.3 is 15.8 Å². The predicted octanol–water partition coefficient (Wildman–Crippen LogP) is 1.69. The number of hydrogen-bond donors (Lipinski definition) is 2. The van der Waals surface area contributed by atoms with E-state index in [-0.39, 0.29) is 11.6 Å². The summed E-state index contributed by atoms with van der Waals surface area (Å²) in [6, 6.07) is 3.86. The van der Waals surface area contributed by atoms with Crippen LogP contribution in [0.4, 0.5) is 4.39 Å². The fourth-order valence-electron chi connectivity index (χ4n) is 1.28. The topological polar surface area (TPSA) is 64.3 Å². The first kappa shape index (κ1) is 14.4. The van der Waals surface area contributed by atoms with Crippen molar-refractivity contribution in [3.05, 3.63) is 29.6 Å². The number of benzene rings is 1. The van der Waals surface area contributed by atoms with Crippen LogP contribution in [0.5, 0.6) is 5.75 Å². The Hall–Kier alpha value is -1.62. The number of hydrogen-bond acceptors (Lipinski definition) is 3. The fraction of sp³-hybridized carbons (Fsp3) is 0.462. The van der Waals surface area contributed by atoms with Crippen LogP contribution in [0.25, 0.3) is 0 Å². The normalized spacial score (nSPS) is 13.0. The van der Waals surface area contributed by atoms with Crippen molar-refractivity contribution in [1.82, 2.24) is 5.32 Å². The van der Waals surface area contributed by atoms with Crippen molar-refractivity contribution >= 4 is 5.91 Å². The highest BCUT2D eigenvalue weighted by atomic mass is 19.1. The van der Waals surface area contributed by atoms with Gasteiger partial charge in [-0.15, -0.1) is 0 Å². The van der Waals surface area contributed by atoms with Crippen LogP contribution in [0.1, 0.15) is 31.1 Å². The monoisotopic (exact) mass is 254 g/mol. The first-order valence-electron chi connectivity index (χ1n) is 5.69. The highest BCUT2D eigenvalue weighted by Crippen LogP contribution is 2.17. The number of ether oxygens (including phenoxy) is 1. The molecule has 4 nitrogen and oxygen atoms in total. The third-order valence-electron chi connectivity index (χ3n) is 2.99. The van der Waals surface area contributed by atoms with Gasteiger partial charge in [-0.3, -0.25) is 4.79 Å². The average Bonchev–Trinajstić information content (AvgIpc) is 2.27. The molecule has 3 N–H and O–H groups in total. The molecule has 0 saturated heterocycles. The lowest BCUT2D eigenvalue weighted by Gasteiger charge is -2.30. The molecule has 18 heavy (non-hydrogen) atoms. The summed E-state index contributed by atoms with van der Waals surface area (Å²) in [5.74, 6) is -0.736.